The predicted molar refractivity (Wildman–Crippen MR) is 77.6 cm³/mol. The Morgan fingerprint density at radius 3 is 2.89 bits per heavy atom. The summed E-state index contributed by atoms with van der Waals surface area (Å²) in [6.45, 7) is 0. The van der Waals surface area contributed by atoms with Gasteiger partial charge in [0.2, 0.25) is 5.13 Å². The molecule has 0 fully saturated rings. The van der Waals surface area contributed by atoms with E-state index in [0.29, 0.717) is 21.5 Å². The highest BCUT2D eigenvalue weighted by Gasteiger charge is 2.15. The molecule has 2 rings (SSSR count). The molecule has 0 unspecified atom stereocenters. The molecule has 0 aliphatic heterocycles. The molecule has 0 saturated heterocycles. The molecule has 1 heterocycles. The largest absolute Gasteiger partial charge is 0.496 e. The van der Waals surface area contributed by atoms with Crippen molar-refractivity contribution in [2.45, 2.75) is 4.34 Å². The molecule has 2 aromatic rings. The normalized spacial score (nSPS) is 10.3. The molecule has 5 nitrogen and oxygen atoms in total. The number of nitrogens with zero attached hydrogens (tertiary/aromatic N) is 2. The number of methoxy groups -OCH3 is 1. The van der Waals surface area contributed by atoms with Crippen LogP contribution in [0.5, 0.6) is 5.75 Å². The lowest BCUT2D eigenvalue weighted by molar-refractivity contribution is 0.102. The van der Waals surface area contributed by atoms with Gasteiger partial charge < -0.3 is 4.74 Å². The van der Waals surface area contributed by atoms with Crippen LogP contribution in [0.25, 0.3) is 0 Å². The fourth-order valence-electron chi connectivity index (χ4n) is 1.36. The molecular weight excluding hydrogens is 306 g/mol. The summed E-state index contributed by atoms with van der Waals surface area (Å²) in [5, 5.41) is 11.3. The first-order valence-electron chi connectivity index (χ1n) is 5.16. The summed E-state index contributed by atoms with van der Waals surface area (Å²) in [5.74, 6) is 0.125. The van der Waals surface area contributed by atoms with Gasteiger partial charge in [0.1, 0.15) is 5.75 Å². The number of carbonyl (C=O) groups is 1. The summed E-state index contributed by atoms with van der Waals surface area (Å²) in [6, 6.07) is 4.85. The molecule has 0 aliphatic carbocycles. The smallest absolute Gasteiger partial charge is 0.261 e. The van der Waals surface area contributed by atoms with E-state index < -0.39 is 0 Å². The van der Waals surface area contributed by atoms with Crippen molar-refractivity contribution in [2.75, 3.05) is 18.7 Å². The van der Waals surface area contributed by atoms with Crippen molar-refractivity contribution in [3.8, 4) is 5.75 Å². The van der Waals surface area contributed by atoms with E-state index in [-0.39, 0.29) is 5.91 Å². The van der Waals surface area contributed by atoms with Crippen LogP contribution in [0, 0.1) is 0 Å². The molecule has 19 heavy (non-hydrogen) atoms. The first-order chi connectivity index (χ1) is 9.13. The quantitative estimate of drug-likeness (QED) is 0.693. The number of aromatic nitrogens is 2. The van der Waals surface area contributed by atoms with Crippen molar-refractivity contribution in [1.29, 1.82) is 0 Å². The van der Waals surface area contributed by atoms with E-state index in [1.165, 1.54) is 30.2 Å². The highest BCUT2D eigenvalue weighted by molar-refractivity contribution is 8.00. The molecule has 100 valence electrons. The van der Waals surface area contributed by atoms with E-state index in [4.69, 9.17) is 16.3 Å². The number of carbonyl (C=O) groups excluding carboxylic acids is 1. The molecule has 0 saturated carbocycles. The Balaban J connectivity index is 2.21. The minimum absolute atomic E-state index is 0.330. The van der Waals surface area contributed by atoms with Crippen LogP contribution in [0.15, 0.2) is 22.5 Å². The summed E-state index contributed by atoms with van der Waals surface area (Å²) in [4.78, 5) is 12.1. The topological polar surface area (TPSA) is 64.1 Å². The molecule has 0 atom stereocenters. The molecule has 0 spiro atoms. The Bertz CT molecular complexity index is 603. The molecule has 1 aromatic heterocycles. The fraction of sp³-hybridized carbons (Fsp3) is 0.182. The molecule has 1 N–H and O–H groups in total. The van der Waals surface area contributed by atoms with E-state index in [2.05, 4.69) is 15.5 Å². The van der Waals surface area contributed by atoms with Crippen LogP contribution in [0.4, 0.5) is 5.13 Å². The van der Waals surface area contributed by atoms with Crippen molar-refractivity contribution < 1.29 is 9.53 Å². The van der Waals surface area contributed by atoms with Gasteiger partial charge in [-0.1, -0.05) is 34.7 Å². The van der Waals surface area contributed by atoms with Gasteiger partial charge in [-0.25, -0.2) is 0 Å². The predicted octanol–water partition coefficient (Wildman–Crippen LogP) is 3.17. The Kier molecular flexibility index (Phi) is 4.62. The highest BCUT2D eigenvalue weighted by atomic mass is 35.5. The van der Waals surface area contributed by atoms with E-state index >= 15 is 0 Å². The molecular formula is C11H10ClN3O2S2. The average molecular weight is 316 g/mol. The number of hydrogen-bond donors (Lipinski definition) is 1. The van der Waals surface area contributed by atoms with Gasteiger partial charge >= 0.3 is 0 Å². The number of hydrogen-bond acceptors (Lipinski definition) is 6. The number of amides is 1. The third kappa shape index (κ3) is 3.37. The molecule has 1 aromatic carbocycles. The number of anilines is 1. The first kappa shape index (κ1) is 14.1. The third-order valence-corrected chi connectivity index (χ3v) is 4.26. The second-order valence-corrected chi connectivity index (χ2v) is 5.84. The number of thioether (sulfide) groups is 1. The van der Waals surface area contributed by atoms with E-state index in [1.807, 2.05) is 6.26 Å². The van der Waals surface area contributed by atoms with Gasteiger partial charge in [0.05, 0.1) is 12.7 Å². The van der Waals surface area contributed by atoms with Crippen LogP contribution in [-0.2, 0) is 0 Å². The monoisotopic (exact) mass is 315 g/mol. The van der Waals surface area contributed by atoms with Crippen LogP contribution < -0.4 is 10.1 Å². The molecule has 0 bridgehead atoms. The van der Waals surface area contributed by atoms with E-state index in [9.17, 15) is 4.79 Å². The SMILES string of the molecule is COc1ccc(Cl)cc1C(=O)Nc1nnc(SC)s1. The maximum Gasteiger partial charge on any atom is 0.261 e. The number of ether oxygens (including phenoxy) is 1. The second kappa shape index (κ2) is 6.23. The highest BCUT2D eigenvalue weighted by Crippen LogP contribution is 2.26. The van der Waals surface area contributed by atoms with Crippen molar-refractivity contribution >= 4 is 45.7 Å². The minimum atomic E-state index is -0.330. The third-order valence-electron chi connectivity index (χ3n) is 2.21. The molecule has 1 amide bonds. The number of nitrogens with one attached hydrogen (secondary N) is 1. The van der Waals surface area contributed by atoms with Gasteiger partial charge in [0.25, 0.3) is 5.91 Å². The lowest BCUT2D eigenvalue weighted by atomic mass is 10.2. The number of rotatable bonds is 4. The van der Waals surface area contributed by atoms with Crippen LogP contribution >= 0.6 is 34.7 Å². The summed E-state index contributed by atoms with van der Waals surface area (Å²) >= 11 is 8.66. The number of halogens is 1. The van der Waals surface area contributed by atoms with E-state index in [0.717, 1.165) is 4.34 Å². The molecule has 0 aliphatic rings. The van der Waals surface area contributed by atoms with Crippen molar-refractivity contribution in [3.63, 3.8) is 0 Å². The van der Waals surface area contributed by atoms with Crippen LogP contribution in [-0.4, -0.2) is 29.5 Å². The fourth-order valence-corrected chi connectivity index (χ4v) is 2.70. The minimum Gasteiger partial charge on any atom is -0.496 e. The zero-order valence-corrected chi connectivity index (χ0v) is 12.5. The summed E-state index contributed by atoms with van der Waals surface area (Å²) < 4.78 is 5.91. The lowest BCUT2D eigenvalue weighted by Gasteiger charge is -2.07. The Morgan fingerprint density at radius 2 is 2.26 bits per heavy atom. The Hall–Kier alpha value is -1.31. The maximum atomic E-state index is 12.1. The maximum absolute atomic E-state index is 12.1. The average Bonchev–Trinajstić information content (AvgIpc) is 2.86. The van der Waals surface area contributed by atoms with Crippen molar-refractivity contribution in [2.24, 2.45) is 0 Å². The Morgan fingerprint density at radius 1 is 1.47 bits per heavy atom. The van der Waals surface area contributed by atoms with Crippen molar-refractivity contribution in [3.05, 3.63) is 28.8 Å². The van der Waals surface area contributed by atoms with Crippen molar-refractivity contribution in [1.82, 2.24) is 10.2 Å². The Labute approximate surface area is 123 Å². The molecule has 0 radical (unpaired) electrons. The first-order valence-corrected chi connectivity index (χ1v) is 7.58. The van der Waals surface area contributed by atoms with Gasteiger partial charge in [-0.05, 0) is 24.5 Å². The second-order valence-electron chi connectivity index (χ2n) is 3.38. The lowest BCUT2D eigenvalue weighted by Crippen LogP contribution is -2.13. The van der Waals surface area contributed by atoms with Crippen LogP contribution in [0.2, 0.25) is 5.02 Å². The van der Waals surface area contributed by atoms with Gasteiger partial charge in [-0.3, -0.25) is 10.1 Å². The summed E-state index contributed by atoms with van der Waals surface area (Å²) in [5.41, 5.74) is 0.357. The summed E-state index contributed by atoms with van der Waals surface area (Å²) in [6.07, 6.45) is 1.89. The summed E-state index contributed by atoms with van der Waals surface area (Å²) in [7, 11) is 1.50. The number of benzene rings is 1. The molecule has 8 heteroatoms. The van der Waals surface area contributed by atoms with Gasteiger partial charge in [0, 0.05) is 5.02 Å². The van der Waals surface area contributed by atoms with Gasteiger partial charge in [-0.15, -0.1) is 10.2 Å². The van der Waals surface area contributed by atoms with Gasteiger partial charge in [0.15, 0.2) is 4.34 Å². The zero-order valence-electron chi connectivity index (χ0n) is 10.1. The van der Waals surface area contributed by atoms with E-state index in [1.54, 1.807) is 18.2 Å². The van der Waals surface area contributed by atoms with Gasteiger partial charge in [-0.2, -0.15) is 0 Å². The van der Waals surface area contributed by atoms with Crippen LogP contribution in [0.1, 0.15) is 10.4 Å². The zero-order chi connectivity index (χ0) is 13.8. The van der Waals surface area contributed by atoms with Crippen LogP contribution in [0.3, 0.4) is 0 Å². The standard InChI is InChI=1S/C11H10ClN3O2S2/c1-17-8-4-3-6(12)5-7(8)9(16)13-10-14-15-11(18-2)19-10/h3-5H,1-2H3,(H,13,14,16).